The van der Waals surface area contributed by atoms with Crippen molar-refractivity contribution in [3.05, 3.63) is 44.5 Å². The first-order valence-electron chi connectivity index (χ1n) is 5.93. The van der Waals surface area contributed by atoms with Crippen LogP contribution in [0, 0.1) is 10.1 Å². The van der Waals surface area contributed by atoms with Crippen molar-refractivity contribution in [1.82, 2.24) is 15.3 Å². The molecule has 0 saturated carbocycles. The standard InChI is InChI=1S/C12H13N5O3S/c1-12(2,11-14-3-4-21-11)16-10(18)8-5-7(17(19)20)6-15-9(8)13/h3-6H,1-2H3,(H2,13,15)(H,16,18). The third-order valence-electron chi connectivity index (χ3n) is 2.75. The maximum Gasteiger partial charge on any atom is 0.288 e. The van der Waals surface area contributed by atoms with Gasteiger partial charge in [-0.25, -0.2) is 9.97 Å². The van der Waals surface area contributed by atoms with Crippen LogP contribution < -0.4 is 11.1 Å². The fourth-order valence-corrected chi connectivity index (χ4v) is 2.40. The number of nitrogen functional groups attached to an aromatic ring is 1. The highest BCUT2D eigenvalue weighted by atomic mass is 32.1. The van der Waals surface area contributed by atoms with Gasteiger partial charge in [-0.15, -0.1) is 11.3 Å². The van der Waals surface area contributed by atoms with Crippen molar-refractivity contribution in [1.29, 1.82) is 0 Å². The molecule has 2 aromatic heterocycles. The second-order valence-corrected chi connectivity index (χ2v) is 5.69. The van der Waals surface area contributed by atoms with Gasteiger partial charge in [-0.2, -0.15) is 0 Å². The second kappa shape index (κ2) is 5.44. The molecule has 0 spiro atoms. The predicted molar refractivity (Wildman–Crippen MR) is 77.9 cm³/mol. The minimum Gasteiger partial charge on any atom is -0.383 e. The Morgan fingerprint density at radius 3 is 2.76 bits per heavy atom. The minimum atomic E-state index is -0.720. The number of amides is 1. The molecule has 0 saturated heterocycles. The van der Waals surface area contributed by atoms with Gasteiger partial charge in [0.2, 0.25) is 0 Å². The van der Waals surface area contributed by atoms with Crippen LogP contribution in [0.5, 0.6) is 0 Å². The number of anilines is 1. The number of rotatable bonds is 4. The van der Waals surface area contributed by atoms with E-state index in [4.69, 9.17) is 5.73 Å². The summed E-state index contributed by atoms with van der Waals surface area (Å²) in [5.41, 5.74) is 4.58. The highest BCUT2D eigenvalue weighted by molar-refractivity contribution is 7.09. The summed E-state index contributed by atoms with van der Waals surface area (Å²) in [6, 6.07) is 1.11. The van der Waals surface area contributed by atoms with E-state index in [9.17, 15) is 14.9 Å². The van der Waals surface area contributed by atoms with Crippen LogP contribution >= 0.6 is 11.3 Å². The predicted octanol–water partition coefficient (Wildman–Crippen LogP) is 1.69. The Hall–Kier alpha value is -2.55. The van der Waals surface area contributed by atoms with Gasteiger partial charge in [-0.3, -0.25) is 14.9 Å². The van der Waals surface area contributed by atoms with Crippen LogP contribution in [0.1, 0.15) is 29.2 Å². The van der Waals surface area contributed by atoms with Crippen molar-refractivity contribution in [3.63, 3.8) is 0 Å². The lowest BCUT2D eigenvalue weighted by molar-refractivity contribution is -0.385. The van der Waals surface area contributed by atoms with E-state index < -0.39 is 16.4 Å². The average Bonchev–Trinajstić information content (AvgIpc) is 2.92. The molecule has 0 radical (unpaired) electrons. The van der Waals surface area contributed by atoms with Gasteiger partial charge < -0.3 is 11.1 Å². The normalized spacial score (nSPS) is 11.1. The maximum absolute atomic E-state index is 12.3. The number of thiazole rings is 1. The summed E-state index contributed by atoms with van der Waals surface area (Å²) in [5, 5.41) is 16.0. The minimum absolute atomic E-state index is 0.0335. The summed E-state index contributed by atoms with van der Waals surface area (Å²) in [6.45, 7) is 3.56. The summed E-state index contributed by atoms with van der Waals surface area (Å²) in [4.78, 5) is 30.2. The fraction of sp³-hybridized carbons (Fsp3) is 0.250. The first-order chi connectivity index (χ1) is 9.81. The third kappa shape index (κ3) is 3.14. The molecule has 2 rings (SSSR count). The van der Waals surface area contributed by atoms with E-state index in [1.807, 2.05) is 0 Å². The third-order valence-corrected chi connectivity index (χ3v) is 3.85. The van der Waals surface area contributed by atoms with Gasteiger partial charge in [0.25, 0.3) is 11.6 Å². The number of carbonyl (C=O) groups is 1. The van der Waals surface area contributed by atoms with Gasteiger partial charge in [0, 0.05) is 17.6 Å². The van der Waals surface area contributed by atoms with Crippen molar-refractivity contribution in [2.45, 2.75) is 19.4 Å². The summed E-state index contributed by atoms with van der Waals surface area (Å²) in [7, 11) is 0. The molecule has 0 aliphatic carbocycles. The Morgan fingerprint density at radius 1 is 1.48 bits per heavy atom. The van der Waals surface area contributed by atoms with Gasteiger partial charge in [0.1, 0.15) is 17.0 Å². The number of nitrogens with one attached hydrogen (secondary N) is 1. The lowest BCUT2D eigenvalue weighted by Crippen LogP contribution is -2.41. The molecular weight excluding hydrogens is 294 g/mol. The number of nitro groups is 1. The number of aromatic nitrogens is 2. The number of hydrogen-bond acceptors (Lipinski definition) is 7. The summed E-state index contributed by atoms with van der Waals surface area (Å²) >= 11 is 1.40. The van der Waals surface area contributed by atoms with Crippen LogP contribution in [0.3, 0.4) is 0 Å². The molecule has 0 unspecified atom stereocenters. The van der Waals surface area contributed by atoms with Crippen molar-refractivity contribution < 1.29 is 9.72 Å². The molecule has 0 aromatic carbocycles. The average molecular weight is 307 g/mol. The lowest BCUT2D eigenvalue weighted by Gasteiger charge is -2.23. The zero-order valence-electron chi connectivity index (χ0n) is 11.4. The SMILES string of the molecule is CC(C)(NC(=O)c1cc([N+](=O)[O-])cnc1N)c1nccs1. The smallest absolute Gasteiger partial charge is 0.288 e. The van der Waals surface area contributed by atoms with E-state index in [0.717, 1.165) is 12.3 Å². The maximum atomic E-state index is 12.3. The van der Waals surface area contributed by atoms with E-state index in [1.54, 1.807) is 25.4 Å². The first-order valence-corrected chi connectivity index (χ1v) is 6.81. The van der Waals surface area contributed by atoms with Crippen LogP contribution in [0.4, 0.5) is 11.5 Å². The number of carbonyl (C=O) groups excluding carboxylic acids is 1. The van der Waals surface area contributed by atoms with Crippen LogP contribution in [-0.2, 0) is 5.54 Å². The van der Waals surface area contributed by atoms with Gasteiger partial charge in [-0.1, -0.05) is 0 Å². The molecule has 110 valence electrons. The molecule has 0 aliphatic rings. The number of nitrogens with two attached hydrogens (primary N) is 1. The topological polar surface area (TPSA) is 124 Å². The summed E-state index contributed by atoms with van der Waals surface area (Å²) in [6.07, 6.45) is 2.65. The molecule has 3 N–H and O–H groups in total. The summed E-state index contributed by atoms with van der Waals surface area (Å²) in [5.74, 6) is -0.600. The first kappa shape index (κ1) is 14.9. The molecular formula is C12H13N5O3S. The van der Waals surface area contributed by atoms with E-state index in [2.05, 4.69) is 15.3 Å². The molecule has 9 heteroatoms. The molecule has 2 heterocycles. The van der Waals surface area contributed by atoms with Crippen LogP contribution in [0.2, 0.25) is 0 Å². The quantitative estimate of drug-likeness (QED) is 0.654. The fourth-order valence-electron chi connectivity index (χ4n) is 1.68. The Labute approximate surface area is 124 Å². The number of pyridine rings is 1. The number of nitrogens with zero attached hydrogens (tertiary/aromatic N) is 3. The molecule has 2 aromatic rings. The highest BCUT2D eigenvalue weighted by Crippen LogP contribution is 2.24. The van der Waals surface area contributed by atoms with Gasteiger partial charge in [0.05, 0.1) is 16.0 Å². The largest absolute Gasteiger partial charge is 0.383 e. The van der Waals surface area contributed by atoms with E-state index in [-0.39, 0.29) is 17.1 Å². The van der Waals surface area contributed by atoms with Crippen LogP contribution in [0.15, 0.2) is 23.8 Å². The lowest BCUT2D eigenvalue weighted by atomic mass is 10.1. The Bertz CT molecular complexity index is 684. The van der Waals surface area contributed by atoms with E-state index in [1.165, 1.54) is 11.3 Å². The van der Waals surface area contributed by atoms with Crippen molar-refractivity contribution in [3.8, 4) is 0 Å². The van der Waals surface area contributed by atoms with E-state index in [0.29, 0.717) is 5.01 Å². The molecule has 8 nitrogen and oxygen atoms in total. The van der Waals surface area contributed by atoms with Gasteiger partial charge in [0.15, 0.2) is 0 Å². The second-order valence-electron chi connectivity index (χ2n) is 4.80. The van der Waals surface area contributed by atoms with Crippen molar-refractivity contribution >= 4 is 28.7 Å². The zero-order chi connectivity index (χ0) is 15.6. The monoisotopic (exact) mass is 307 g/mol. The molecule has 0 fully saturated rings. The Balaban J connectivity index is 2.28. The molecule has 0 aliphatic heterocycles. The van der Waals surface area contributed by atoms with Crippen LogP contribution in [0.25, 0.3) is 0 Å². The van der Waals surface area contributed by atoms with Crippen molar-refractivity contribution in [2.24, 2.45) is 0 Å². The Morgan fingerprint density at radius 2 is 2.19 bits per heavy atom. The Kier molecular flexibility index (Phi) is 3.85. The zero-order valence-corrected chi connectivity index (χ0v) is 12.2. The van der Waals surface area contributed by atoms with E-state index >= 15 is 0 Å². The molecule has 1 amide bonds. The molecule has 0 bridgehead atoms. The molecule has 21 heavy (non-hydrogen) atoms. The highest BCUT2D eigenvalue weighted by Gasteiger charge is 2.27. The van der Waals surface area contributed by atoms with Gasteiger partial charge >= 0.3 is 0 Å². The number of hydrogen-bond donors (Lipinski definition) is 2. The van der Waals surface area contributed by atoms with Crippen molar-refractivity contribution in [2.75, 3.05) is 5.73 Å². The van der Waals surface area contributed by atoms with Gasteiger partial charge in [-0.05, 0) is 13.8 Å². The molecule has 0 atom stereocenters. The van der Waals surface area contributed by atoms with Crippen LogP contribution in [-0.4, -0.2) is 20.8 Å². The summed E-state index contributed by atoms with van der Waals surface area (Å²) < 4.78 is 0.